The summed E-state index contributed by atoms with van der Waals surface area (Å²) in [6.07, 6.45) is 2.99. The first-order valence-electron chi connectivity index (χ1n) is 6.78. The van der Waals surface area contributed by atoms with Crippen LogP contribution >= 0.6 is 11.6 Å². The molecular formula is C14H18ClN3O. The quantitative estimate of drug-likeness (QED) is 0.811. The van der Waals surface area contributed by atoms with Gasteiger partial charge in [-0.3, -0.25) is 0 Å². The average molecular weight is 280 g/mol. The van der Waals surface area contributed by atoms with E-state index in [1.807, 2.05) is 19.1 Å². The monoisotopic (exact) mass is 279 g/mol. The number of hydrogen-bond donors (Lipinski definition) is 0. The van der Waals surface area contributed by atoms with Crippen molar-refractivity contribution in [3.63, 3.8) is 0 Å². The topological polar surface area (TPSA) is 39.9 Å². The molecule has 1 saturated heterocycles. The number of aromatic nitrogens is 3. The van der Waals surface area contributed by atoms with E-state index in [1.54, 1.807) is 0 Å². The van der Waals surface area contributed by atoms with E-state index in [1.165, 1.54) is 0 Å². The molecule has 2 aromatic heterocycles. The molecule has 0 saturated carbocycles. The van der Waals surface area contributed by atoms with Crippen LogP contribution in [-0.4, -0.2) is 33.6 Å². The summed E-state index contributed by atoms with van der Waals surface area (Å²) >= 11 is 5.90. The molecule has 0 bridgehead atoms. The van der Waals surface area contributed by atoms with Gasteiger partial charge >= 0.3 is 0 Å². The molecule has 5 heteroatoms. The predicted molar refractivity (Wildman–Crippen MR) is 75.8 cm³/mol. The Hall–Kier alpha value is -1.13. The van der Waals surface area contributed by atoms with Crippen LogP contribution in [0, 0.1) is 6.92 Å². The van der Waals surface area contributed by atoms with E-state index < -0.39 is 0 Å². The van der Waals surface area contributed by atoms with Gasteiger partial charge < -0.3 is 9.30 Å². The molecule has 0 N–H and O–H groups in total. The minimum atomic E-state index is 0.339. The number of fused-ring (bicyclic) bond motifs is 1. The normalized spacial score (nSPS) is 20.0. The zero-order valence-electron chi connectivity index (χ0n) is 11.1. The fraction of sp³-hybridized carbons (Fsp3) is 0.571. The van der Waals surface area contributed by atoms with E-state index in [0.717, 1.165) is 55.2 Å². The Morgan fingerprint density at radius 1 is 1.42 bits per heavy atom. The highest BCUT2D eigenvalue weighted by Crippen LogP contribution is 2.26. The summed E-state index contributed by atoms with van der Waals surface area (Å²) < 4.78 is 7.85. The molecule has 4 nitrogen and oxygen atoms in total. The molecule has 1 aliphatic heterocycles. The Morgan fingerprint density at radius 3 is 3.05 bits per heavy atom. The number of aryl methyl sites for hydroxylation is 2. The third-order valence-corrected chi connectivity index (χ3v) is 3.76. The van der Waals surface area contributed by atoms with Crippen LogP contribution in [0.15, 0.2) is 12.1 Å². The highest BCUT2D eigenvalue weighted by Gasteiger charge is 2.22. The summed E-state index contributed by atoms with van der Waals surface area (Å²) in [5.74, 6) is 1.61. The number of alkyl halides is 1. The van der Waals surface area contributed by atoms with Crippen LogP contribution in [-0.2, 0) is 11.2 Å². The number of halogens is 1. The van der Waals surface area contributed by atoms with Gasteiger partial charge in [-0.2, -0.15) is 0 Å². The van der Waals surface area contributed by atoms with E-state index in [2.05, 4.69) is 14.5 Å². The second kappa shape index (κ2) is 5.47. The third-order valence-electron chi connectivity index (χ3n) is 3.57. The highest BCUT2D eigenvalue weighted by atomic mass is 35.5. The molecule has 19 heavy (non-hydrogen) atoms. The zero-order chi connectivity index (χ0) is 13.2. The van der Waals surface area contributed by atoms with E-state index in [-0.39, 0.29) is 0 Å². The van der Waals surface area contributed by atoms with Gasteiger partial charge in [-0.15, -0.1) is 11.6 Å². The summed E-state index contributed by atoms with van der Waals surface area (Å²) in [6.45, 7) is 3.62. The van der Waals surface area contributed by atoms with Gasteiger partial charge in [0.25, 0.3) is 0 Å². The molecule has 0 spiro atoms. The van der Waals surface area contributed by atoms with Crippen LogP contribution in [0.4, 0.5) is 0 Å². The number of pyridine rings is 1. The first kappa shape index (κ1) is 12.9. The highest BCUT2D eigenvalue weighted by molar-refractivity contribution is 6.17. The van der Waals surface area contributed by atoms with Gasteiger partial charge in [0.1, 0.15) is 11.3 Å². The van der Waals surface area contributed by atoms with Crippen LogP contribution in [0.3, 0.4) is 0 Å². The fourth-order valence-corrected chi connectivity index (χ4v) is 2.86. The van der Waals surface area contributed by atoms with E-state index in [9.17, 15) is 0 Å². The Morgan fingerprint density at radius 2 is 2.32 bits per heavy atom. The van der Waals surface area contributed by atoms with Crippen molar-refractivity contribution in [2.24, 2.45) is 0 Å². The van der Waals surface area contributed by atoms with Gasteiger partial charge in [0.2, 0.25) is 0 Å². The van der Waals surface area contributed by atoms with Crippen LogP contribution < -0.4 is 0 Å². The summed E-state index contributed by atoms with van der Waals surface area (Å²) in [5, 5.41) is 0. The Kier molecular flexibility index (Phi) is 3.71. The number of hydrogen-bond acceptors (Lipinski definition) is 3. The van der Waals surface area contributed by atoms with Crippen LogP contribution in [0.5, 0.6) is 0 Å². The van der Waals surface area contributed by atoms with Gasteiger partial charge in [0, 0.05) is 24.6 Å². The summed E-state index contributed by atoms with van der Waals surface area (Å²) in [6, 6.07) is 4.38. The van der Waals surface area contributed by atoms with Gasteiger partial charge in [0.05, 0.1) is 12.6 Å². The lowest BCUT2D eigenvalue weighted by molar-refractivity contribution is 0.0594. The standard InChI is InChI=1S/C14H18ClN3O/c1-10-4-5-12-14(16-10)18(13(17-12)6-7-15)11-3-2-8-19-9-11/h4-5,11H,2-3,6-9H2,1H3. The lowest BCUT2D eigenvalue weighted by Gasteiger charge is -2.25. The molecule has 0 aliphatic carbocycles. The largest absolute Gasteiger partial charge is 0.379 e. The number of imidazole rings is 1. The van der Waals surface area contributed by atoms with Crippen molar-refractivity contribution in [2.75, 3.05) is 19.1 Å². The molecular weight excluding hydrogens is 262 g/mol. The molecule has 2 aromatic rings. The molecule has 0 radical (unpaired) electrons. The van der Waals surface area contributed by atoms with Gasteiger partial charge in [0.15, 0.2) is 5.65 Å². The predicted octanol–water partition coefficient (Wildman–Crippen LogP) is 2.87. The molecule has 1 unspecified atom stereocenters. The molecule has 0 aromatic carbocycles. The molecule has 0 amide bonds. The SMILES string of the molecule is Cc1ccc2nc(CCCl)n(C3CCCOC3)c2n1. The van der Waals surface area contributed by atoms with Crippen molar-refractivity contribution in [2.45, 2.75) is 32.2 Å². The lowest BCUT2D eigenvalue weighted by atomic mass is 10.1. The third kappa shape index (κ3) is 2.47. The molecule has 3 heterocycles. The molecule has 1 atom stereocenters. The summed E-state index contributed by atoms with van der Waals surface area (Å²) in [7, 11) is 0. The Labute approximate surface area is 117 Å². The van der Waals surface area contributed by atoms with Gasteiger partial charge in [-0.05, 0) is 31.9 Å². The van der Waals surface area contributed by atoms with E-state index >= 15 is 0 Å². The Balaban J connectivity index is 2.11. The van der Waals surface area contributed by atoms with Crippen molar-refractivity contribution in [3.05, 3.63) is 23.7 Å². The van der Waals surface area contributed by atoms with Crippen molar-refractivity contribution < 1.29 is 4.74 Å². The summed E-state index contributed by atoms with van der Waals surface area (Å²) in [4.78, 5) is 9.33. The van der Waals surface area contributed by atoms with Crippen molar-refractivity contribution in [1.82, 2.24) is 14.5 Å². The number of nitrogens with zero attached hydrogens (tertiary/aromatic N) is 3. The van der Waals surface area contributed by atoms with Crippen molar-refractivity contribution in [3.8, 4) is 0 Å². The number of ether oxygens (including phenoxy) is 1. The minimum absolute atomic E-state index is 0.339. The fourth-order valence-electron chi connectivity index (χ4n) is 2.69. The first-order chi connectivity index (χ1) is 9.29. The maximum absolute atomic E-state index is 5.90. The van der Waals surface area contributed by atoms with Gasteiger partial charge in [-0.1, -0.05) is 0 Å². The van der Waals surface area contributed by atoms with E-state index in [0.29, 0.717) is 11.9 Å². The number of rotatable bonds is 3. The molecule has 1 fully saturated rings. The van der Waals surface area contributed by atoms with Crippen molar-refractivity contribution >= 4 is 22.8 Å². The second-order valence-electron chi connectivity index (χ2n) is 5.00. The minimum Gasteiger partial charge on any atom is -0.379 e. The van der Waals surface area contributed by atoms with Crippen LogP contribution in [0.2, 0.25) is 0 Å². The Bertz CT molecular complexity index is 575. The average Bonchev–Trinajstić information content (AvgIpc) is 2.77. The first-order valence-corrected chi connectivity index (χ1v) is 7.31. The van der Waals surface area contributed by atoms with E-state index in [4.69, 9.17) is 16.3 Å². The maximum Gasteiger partial charge on any atom is 0.160 e. The summed E-state index contributed by atoms with van der Waals surface area (Å²) in [5.41, 5.74) is 2.94. The molecule has 3 rings (SSSR count). The van der Waals surface area contributed by atoms with Crippen molar-refractivity contribution in [1.29, 1.82) is 0 Å². The lowest BCUT2D eigenvalue weighted by Crippen LogP contribution is -2.23. The van der Waals surface area contributed by atoms with Crippen LogP contribution in [0.1, 0.15) is 30.4 Å². The molecule has 102 valence electrons. The molecule has 1 aliphatic rings. The zero-order valence-corrected chi connectivity index (χ0v) is 11.9. The second-order valence-corrected chi connectivity index (χ2v) is 5.38. The maximum atomic E-state index is 5.90. The van der Waals surface area contributed by atoms with Crippen LogP contribution in [0.25, 0.3) is 11.2 Å². The smallest absolute Gasteiger partial charge is 0.160 e. The van der Waals surface area contributed by atoms with Gasteiger partial charge in [-0.25, -0.2) is 9.97 Å².